The lowest BCUT2D eigenvalue weighted by atomic mass is 9.88. The molecule has 31 heavy (non-hydrogen) atoms. The molecule has 7 heteroatoms. The van der Waals surface area contributed by atoms with E-state index in [0.717, 1.165) is 44.8 Å². The predicted molar refractivity (Wildman–Crippen MR) is 110 cm³/mol. The van der Waals surface area contributed by atoms with Crippen molar-refractivity contribution in [1.29, 1.82) is 5.26 Å². The zero-order valence-corrected chi connectivity index (χ0v) is 17.4. The largest absolute Gasteiger partial charge is 0.493 e. The van der Waals surface area contributed by atoms with Crippen LogP contribution in [0.25, 0.3) is 0 Å². The molecular formula is C24H25F2NO4. The molecule has 0 unspecified atom stereocenters. The maximum atomic E-state index is 13.7. The Hall–Kier alpha value is -2.98. The highest BCUT2D eigenvalue weighted by Crippen LogP contribution is 2.28. The summed E-state index contributed by atoms with van der Waals surface area (Å²) in [7, 11) is 0. The second-order valence-electron chi connectivity index (χ2n) is 7.61. The number of nitriles is 1. The van der Waals surface area contributed by atoms with E-state index in [-0.39, 0.29) is 5.56 Å². The highest BCUT2D eigenvalue weighted by atomic mass is 19.1. The van der Waals surface area contributed by atoms with Crippen LogP contribution in [0.4, 0.5) is 8.78 Å². The summed E-state index contributed by atoms with van der Waals surface area (Å²) in [5.74, 6) is -2.20. The van der Waals surface area contributed by atoms with Crippen LogP contribution in [0, 0.1) is 28.9 Å². The summed E-state index contributed by atoms with van der Waals surface area (Å²) >= 11 is 0. The van der Waals surface area contributed by atoms with Gasteiger partial charge in [0.2, 0.25) is 0 Å². The minimum Gasteiger partial charge on any atom is -0.493 e. The van der Waals surface area contributed by atoms with Crippen molar-refractivity contribution in [3.63, 3.8) is 0 Å². The molecule has 0 aromatic heterocycles. The number of ether oxygens (including phenoxy) is 3. The minimum atomic E-state index is -1.08. The van der Waals surface area contributed by atoms with Gasteiger partial charge in [0.1, 0.15) is 29.0 Å². The number of hydrogen-bond acceptors (Lipinski definition) is 5. The van der Waals surface area contributed by atoms with Gasteiger partial charge in [-0.05, 0) is 62.3 Å². The second-order valence-corrected chi connectivity index (χ2v) is 7.61. The van der Waals surface area contributed by atoms with Gasteiger partial charge < -0.3 is 14.2 Å². The first-order chi connectivity index (χ1) is 15.0. The van der Waals surface area contributed by atoms with Crippen molar-refractivity contribution in [2.45, 2.75) is 45.1 Å². The first-order valence-corrected chi connectivity index (χ1v) is 10.5. The van der Waals surface area contributed by atoms with Crippen LogP contribution >= 0.6 is 0 Å². The maximum absolute atomic E-state index is 13.7. The molecule has 5 nitrogen and oxygen atoms in total. The Bertz CT molecular complexity index is 932. The van der Waals surface area contributed by atoms with Crippen molar-refractivity contribution in [1.82, 2.24) is 0 Å². The monoisotopic (exact) mass is 429 g/mol. The van der Waals surface area contributed by atoms with Crippen molar-refractivity contribution in [3.8, 4) is 17.6 Å². The smallest absolute Gasteiger partial charge is 0.343 e. The molecule has 0 N–H and O–H groups in total. The Morgan fingerprint density at radius 2 is 1.84 bits per heavy atom. The number of carbonyl (C=O) groups excluding carboxylic acids is 1. The fraction of sp³-hybridized carbons (Fsp3) is 0.417. The van der Waals surface area contributed by atoms with Crippen LogP contribution in [0.5, 0.6) is 11.5 Å². The Morgan fingerprint density at radius 3 is 2.48 bits per heavy atom. The van der Waals surface area contributed by atoms with Gasteiger partial charge in [-0.3, -0.25) is 0 Å². The molecule has 0 saturated heterocycles. The number of halogens is 2. The molecule has 0 amide bonds. The molecule has 0 radical (unpaired) electrons. The predicted octanol–water partition coefficient (Wildman–Crippen LogP) is 5.42. The lowest BCUT2D eigenvalue weighted by Gasteiger charge is -2.28. The topological polar surface area (TPSA) is 68.6 Å². The molecule has 0 aliphatic heterocycles. The standard InChI is InChI=1S/C24H25F2NO4/c1-2-11-29-19-7-3-16(4-8-19)15-30-20-9-5-17(6-10-20)24(28)31-23-13-18(25)12-22(26)21(23)14-27/h5-6,9-10,12-13,16,19H,2-4,7-8,11,15H2,1H3/t16-,19-. The molecule has 0 heterocycles. The number of nitrogens with zero attached hydrogens (tertiary/aromatic N) is 1. The molecule has 1 aliphatic carbocycles. The third-order valence-corrected chi connectivity index (χ3v) is 5.26. The lowest BCUT2D eigenvalue weighted by Crippen LogP contribution is -2.25. The molecule has 0 atom stereocenters. The number of rotatable bonds is 8. The number of carbonyl (C=O) groups is 1. The SMILES string of the molecule is CCCO[C@H]1CC[C@H](COc2ccc(C(=O)Oc3cc(F)cc(F)c3C#N)cc2)CC1. The molecule has 164 valence electrons. The van der Waals surface area contributed by atoms with Gasteiger partial charge in [-0.1, -0.05) is 6.92 Å². The summed E-state index contributed by atoms with van der Waals surface area (Å²) in [5.41, 5.74) is -0.348. The van der Waals surface area contributed by atoms with E-state index in [1.165, 1.54) is 12.1 Å². The highest BCUT2D eigenvalue weighted by molar-refractivity contribution is 5.91. The maximum Gasteiger partial charge on any atom is 0.343 e. The summed E-state index contributed by atoms with van der Waals surface area (Å²) < 4.78 is 43.7. The minimum absolute atomic E-state index is 0.175. The third-order valence-electron chi connectivity index (χ3n) is 5.26. The number of hydrogen-bond donors (Lipinski definition) is 0. The molecule has 2 aromatic carbocycles. The van der Waals surface area contributed by atoms with Crippen LogP contribution in [-0.2, 0) is 4.74 Å². The van der Waals surface area contributed by atoms with Crippen molar-refractivity contribution < 1.29 is 27.8 Å². The van der Waals surface area contributed by atoms with Gasteiger partial charge in [0, 0.05) is 18.7 Å². The summed E-state index contributed by atoms with van der Waals surface area (Å²) in [5, 5.41) is 9.00. The van der Waals surface area contributed by atoms with E-state index < -0.39 is 28.9 Å². The summed E-state index contributed by atoms with van der Waals surface area (Å²) in [4.78, 5) is 12.3. The average Bonchev–Trinajstić information content (AvgIpc) is 2.77. The Labute approximate surface area is 180 Å². The van der Waals surface area contributed by atoms with Crippen LogP contribution in [0.15, 0.2) is 36.4 Å². The lowest BCUT2D eigenvalue weighted by molar-refractivity contribution is 0.0132. The Balaban J connectivity index is 1.52. The van der Waals surface area contributed by atoms with Gasteiger partial charge in [0.15, 0.2) is 5.75 Å². The van der Waals surface area contributed by atoms with Gasteiger partial charge in [0.25, 0.3) is 0 Å². The normalized spacial score (nSPS) is 18.3. The van der Waals surface area contributed by atoms with E-state index in [4.69, 9.17) is 19.5 Å². The summed E-state index contributed by atoms with van der Waals surface area (Å²) in [6.07, 6.45) is 5.60. The zero-order chi connectivity index (χ0) is 22.2. The second kappa shape index (κ2) is 10.9. The Kier molecular flexibility index (Phi) is 7.96. The zero-order valence-electron chi connectivity index (χ0n) is 17.4. The van der Waals surface area contributed by atoms with Crippen molar-refractivity contribution in [3.05, 3.63) is 59.2 Å². The fourth-order valence-corrected chi connectivity index (χ4v) is 3.55. The molecule has 1 aliphatic rings. The van der Waals surface area contributed by atoms with E-state index in [1.54, 1.807) is 18.2 Å². The van der Waals surface area contributed by atoms with E-state index in [2.05, 4.69) is 6.92 Å². The third kappa shape index (κ3) is 6.25. The quantitative estimate of drug-likeness (QED) is 0.414. The fourth-order valence-electron chi connectivity index (χ4n) is 3.55. The summed E-state index contributed by atoms with van der Waals surface area (Å²) in [6, 6.07) is 9.24. The van der Waals surface area contributed by atoms with Crippen LogP contribution < -0.4 is 9.47 Å². The number of benzene rings is 2. The highest BCUT2D eigenvalue weighted by Gasteiger charge is 2.22. The van der Waals surface area contributed by atoms with Gasteiger partial charge in [0.05, 0.1) is 18.3 Å². The van der Waals surface area contributed by atoms with E-state index in [9.17, 15) is 13.6 Å². The van der Waals surface area contributed by atoms with Crippen LogP contribution in [-0.4, -0.2) is 25.3 Å². The van der Waals surface area contributed by atoms with Crippen LogP contribution in [0.2, 0.25) is 0 Å². The summed E-state index contributed by atoms with van der Waals surface area (Å²) in [6.45, 7) is 3.51. The van der Waals surface area contributed by atoms with Crippen molar-refractivity contribution >= 4 is 5.97 Å². The van der Waals surface area contributed by atoms with E-state index in [0.29, 0.717) is 30.4 Å². The molecule has 1 saturated carbocycles. The average molecular weight is 429 g/mol. The molecule has 3 rings (SSSR count). The molecule has 2 aromatic rings. The van der Waals surface area contributed by atoms with Gasteiger partial charge >= 0.3 is 5.97 Å². The molecule has 0 bridgehead atoms. The molecule has 0 spiro atoms. The number of esters is 1. The van der Waals surface area contributed by atoms with Crippen LogP contribution in [0.3, 0.4) is 0 Å². The van der Waals surface area contributed by atoms with E-state index >= 15 is 0 Å². The first-order valence-electron chi connectivity index (χ1n) is 10.5. The van der Waals surface area contributed by atoms with Gasteiger partial charge in [-0.2, -0.15) is 5.26 Å². The van der Waals surface area contributed by atoms with Gasteiger partial charge in [-0.25, -0.2) is 13.6 Å². The molecular weight excluding hydrogens is 404 g/mol. The molecule has 1 fully saturated rings. The van der Waals surface area contributed by atoms with Gasteiger partial charge in [-0.15, -0.1) is 0 Å². The Morgan fingerprint density at radius 1 is 1.13 bits per heavy atom. The van der Waals surface area contributed by atoms with Crippen molar-refractivity contribution in [2.75, 3.05) is 13.2 Å². The van der Waals surface area contributed by atoms with E-state index in [1.807, 2.05) is 0 Å². The van der Waals surface area contributed by atoms with Crippen LogP contribution in [0.1, 0.15) is 54.9 Å². The first kappa shape index (κ1) is 22.7. The van der Waals surface area contributed by atoms with Crippen molar-refractivity contribution in [2.24, 2.45) is 5.92 Å².